The maximum Gasteiger partial charge on any atom is 0.0359 e. The van der Waals surface area contributed by atoms with Gasteiger partial charge in [0.1, 0.15) is 0 Å². The number of hydrogen-bond acceptors (Lipinski definition) is 2. The first-order valence-electron chi connectivity index (χ1n) is 7.61. The number of likely N-dealkylation sites (tertiary alicyclic amines) is 1. The van der Waals surface area contributed by atoms with Gasteiger partial charge in [-0.25, -0.2) is 0 Å². The highest BCUT2D eigenvalue weighted by molar-refractivity contribution is 5.43. The minimum absolute atomic E-state index is 0.247. The predicted molar refractivity (Wildman–Crippen MR) is 80.2 cm³/mol. The van der Waals surface area contributed by atoms with Crippen LogP contribution in [0.4, 0.5) is 0 Å². The third-order valence-corrected chi connectivity index (χ3v) is 5.49. The molecule has 1 atom stereocenters. The van der Waals surface area contributed by atoms with Crippen LogP contribution in [0.25, 0.3) is 0 Å². The lowest BCUT2D eigenvalue weighted by Crippen LogP contribution is -2.46. The summed E-state index contributed by atoms with van der Waals surface area (Å²) >= 11 is 0. The number of fused-ring (bicyclic) bond motifs is 1. The van der Waals surface area contributed by atoms with Crippen molar-refractivity contribution in [3.05, 3.63) is 34.9 Å². The van der Waals surface area contributed by atoms with Crippen molar-refractivity contribution in [1.82, 2.24) is 4.90 Å². The molecule has 0 bridgehead atoms. The van der Waals surface area contributed by atoms with E-state index in [0.717, 1.165) is 0 Å². The molecule has 1 heterocycles. The molecule has 2 heteroatoms. The molecule has 1 spiro atoms. The van der Waals surface area contributed by atoms with E-state index in [2.05, 4.69) is 43.9 Å². The summed E-state index contributed by atoms with van der Waals surface area (Å²) in [6.07, 6.45) is 3.70. The molecule has 2 aliphatic rings. The molecule has 3 rings (SSSR count). The summed E-state index contributed by atoms with van der Waals surface area (Å²) in [4.78, 5) is 2.59. The van der Waals surface area contributed by atoms with Crippen molar-refractivity contribution in [1.29, 1.82) is 0 Å². The van der Waals surface area contributed by atoms with Gasteiger partial charge in [0.2, 0.25) is 0 Å². The number of nitrogens with two attached hydrogens (primary N) is 1. The fourth-order valence-electron chi connectivity index (χ4n) is 4.02. The first kappa shape index (κ1) is 13.1. The minimum Gasteiger partial charge on any atom is -0.323 e. The van der Waals surface area contributed by atoms with E-state index in [9.17, 15) is 0 Å². The number of piperidine rings is 1. The Morgan fingerprint density at radius 2 is 1.95 bits per heavy atom. The van der Waals surface area contributed by atoms with Crippen LogP contribution in [0.5, 0.6) is 0 Å². The molecular weight excluding hydrogens is 232 g/mol. The number of rotatable bonds is 1. The fraction of sp³-hybridized carbons (Fsp3) is 0.647. The average Bonchev–Trinajstić information content (AvgIpc) is 2.66. The van der Waals surface area contributed by atoms with E-state index in [4.69, 9.17) is 5.73 Å². The molecule has 1 aliphatic heterocycles. The van der Waals surface area contributed by atoms with Crippen molar-refractivity contribution in [2.24, 2.45) is 11.1 Å². The summed E-state index contributed by atoms with van der Waals surface area (Å²) in [6.45, 7) is 9.24. The highest BCUT2D eigenvalue weighted by Gasteiger charge is 2.46. The minimum atomic E-state index is 0.247. The van der Waals surface area contributed by atoms with Gasteiger partial charge in [0, 0.05) is 12.1 Å². The maximum absolute atomic E-state index is 6.63. The number of nitrogens with zero attached hydrogens (tertiary/aromatic N) is 1. The standard InChI is InChI=1S/C17H26N2/c1-12(2)19-9-7-17(8-10-19)11-15-13(3)5-4-6-14(15)16(17)18/h4-6,12,16H,7-11,18H2,1-3H3/t16-/m1/s1. The average molecular weight is 258 g/mol. The molecule has 1 fully saturated rings. The fourth-order valence-corrected chi connectivity index (χ4v) is 4.02. The lowest BCUT2D eigenvalue weighted by molar-refractivity contribution is 0.0710. The SMILES string of the molecule is Cc1cccc2c1CC1(CCN(C(C)C)CC1)[C@@H]2N. The summed E-state index contributed by atoms with van der Waals surface area (Å²) in [5, 5.41) is 0. The van der Waals surface area contributed by atoms with Gasteiger partial charge in [-0.2, -0.15) is 0 Å². The van der Waals surface area contributed by atoms with E-state index in [-0.39, 0.29) is 6.04 Å². The van der Waals surface area contributed by atoms with E-state index in [1.807, 2.05) is 0 Å². The van der Waals surface area contributed by atoms with E-state index < -0.39 is 0 Å². The van der Waals surface area contributed by atoms with Gasteiger partial charge in [-0.1, -0.05) is 18.2 Å². The van der Waals surface area contributed by atoms with Gasteiger partial charge in [-0.15, -0.1) is 0 Å². The molecule has 2 nitrogen and oxygen atoms in total. The van der Waals surface area contributed by atoms with Crippen molar-refractivity contribution in [2.45, 2.75) is 52.1 Å². The van der Waals surface area contributed by atoms with Crippen LogP contribution in [0.15, 0.2) is 18.2 Å². The molecule has 0 unspecified atom stereocenters. The summed E-state index contributed by atoms with van der Waals surface area (Å²) in [5.41, 5.74) is 11.3. The summed E-state index contributed by atoms with van der Waals surface area (Å²) in [5.74, 6) is 0. The zero-order valence-corrected chi connectivity index (χ0v) is 12.4. The van der Waals surface area contributed by atoms with Crippen LogP contribution in [0.1, 0.15) is 49.4 Å². The van der Waals surface area contributed by atoms with Crippen molar-refractivity contribution in [2.75, 3.05) is 13.1 Å². The third-order valence-electron chi connectivity index (χ3n) is 5.49. The van der Waals surface area contributed by atoms with Crippen LogP contribution in [0.2, 0.25) is 0 Å². The predicted octanol–water partition coefficient (Wildman–Crippen LogP) is 3.04. The quantitative estimate of drug-likeness (QED) is 0.839. The second-order valence-electron chi connectivity index (χ2n) is 6.79. The highest BCUT2D eigenvalue weighted by Crippen LogP contribution is 2.51. The number of benzene rings is 1. The maximum atomic E-state index is 6.63. The highest BCUT2D eigenvalue weighted by atomic mass is 15.2. The van der Waals surface area contributed by atoms with Crippen LogP contribution in [0.3, 0.4) is 0 Å². The lowest BCUT2D eigenvalue weighted by Gasteiger charge is -2.43. The summed E-state index contributed by atoms with van der Waals surface area (Å²) < 4.78 is 0. The molecule has 104 valence electrons. The topological polar surface area (TPSA) is 29.3 Å². The van der Waals surface area contributed by atoms with Gasteiger partial charge >= 0.3 is 0 Å². The van der Waals surface area contributed by atoms with Gasteiger partial charge in [-0.05, 0) is 75.2 Å². The van der Waals surface area contributed by atoms with E-state index in [1.54, 1.807) is 0 Å². The van der Waals surface area contributed by atoms with Crippen LogP contribution in [-0.4, -0.2) is 24.0 Å². The second-order valence-corrected chi connectivity index (χ2v) is 6.79. The molecule has 0 aromatic heterocycles. The molecule has 0 radical (unpaired) electrons. The normalized spacial score (nSPS) is 26.1. The zero-order valence-electron chi connectivity index (χ0n) is 12.4. The van der Waals surface area contributed by atoms with Crippen LogP contribution < -0.4 is 5.73 Å². The van der Waals surface area contributed by atoms with Crippen molar-refractivity contribution in [3.63, 3.8) is 0 Å². The lowest BCUT2D eigenvalue weighted by atomic mass is 9.73. The van der Waals surface area contributed by atoms with Crippen molar-refractivity contribution in [3.8, 4) is 0 Å². The molecule has 1 aromatic carbocycles. The first-order valence-corrected chi connectivity index (χ1v) is 7.61. The molecule has 19 heavy (non-hydrogen) atoms. The smallest absolute Gasteiger partial charge is 0.0359 e. The Bertz CT molecular complexity index is 470. The Morgan fingerprint density at radius 3 is 2.53 bits per heavy atom. The number of aryl methyl sites for hydroxylation is 1. The number of hydrogen-bond donors (Lipinski definition) is 1. The Balaban J connectivity index is 1.84. The largest absolute Gasteiger partial charge is 0.323 e. The Kier molecular flexibility index (Phi) is 3.18. The van der Waals surface area contributed by atoms with Gasteiger partial charge in [0.15, 0.2) is 0 Å². The monoisotopic (exact) mass is 258 g/mol. The van der Waals surface area contributed by atoms with Crippen LogP contribution in [0, 0.1) is 12.3 Å². The van der Waals surface area contributed by atoms with Crippen LogP contribution >= 0.6 is 0 Å². The van der Waals surface area contributed by atoms with Crippen LogP contribution in [-0.2, 0) is 6.42 Å². The van der Waals surface area contributed by atoms with Crippen molar-refractivity contribution >= 4 is 0 Å². The molecule has 1 saturated heterocycles. The Hall–Kier alpha value is -0.860. The molecule has 1 aliphatic carbocycles. The zero-order chi connectivity index (χ0) is 13.6. The molecule has 2 N–H and O–H groups in total. The summed E-state index contributed by atoms with van der Waals surface area (Å²) in [7, 11) is 0. The third kappa shape index (κ3) is 2.02. The Labute approximate surface area is 117 Å². The second kappa shape index (κ2) is 4.60. The van der Waals surface area contributed by atoms with Gasteiger partial charge in [0.25, 0.3) is 0 Å². The van der Waals surface area contributed by atoms with E-state index >= 15 is 0 Å². The molecule has 1 aromatic rings. The molecular formula is C17H26N2. The first-order chi connectivity index (χ1) is 9.03. The molecule has 0 amide bonds. The summed E-state index contributed by atoms with van der Waals surface area (Å²) in [6, 6.07) is 7.55. The molecule has 0 saturated carbocycles. The van der Waals surface area contributed by atoms with Gasteiger partial charge in [-0.3, -0.25) is 0 Å². The van der Waals surface area contributed by atoms with Crippen molar-refractivity contribution < 1.29 is 0 Å². The van der Waals surface area contributed by atoms with Gasteiger partial charge < -0.3 is 10.6 Å². The van der Waals surface area contributed by atoms with E-state index in [0.29, 0.717) is 11.5 Å². The van der Waals surface area contributed by atoms with E-state index in [1.165, 1.54) is 49.0 Å². The van der Waals surface area contributed by atoms with Gasteiger partial charge in [0.05, 0.1) is 0 Å². The Morgan fingerprint density at radius 1 is 1.26 bits per heavy atom.